The first kappa shape index (κ1) is 24.7. The fourth-order valence-electron chi connectivity index (χ4n) is 4.08. The molecule has 3 heterocycles. The lowest BCUT2D eigenvalue weighted by Crippen LogP contribution is -2.49. The zero-order valence-electron chi connectivity index (χ0n) is 18.1. The normalized spacial score (nSPS) is 15.1. The van der Waals surface area contributed by atoms with Crippen molar-refractivity contribution in [2.75, 3.05) is 26.2 Å². The van der Waals surface area contributed by atoms with Crippen LogP contribution in [0, 0.1) is 6.92 Å². The van der Waals surface area contributed by atoms with Crippen molar-refractivity contribution in [2.45, 2.75) is 32.9 Å². The maximum Gasteiger partial charge on any atom is 0.280 e. The summed E-state index contributed by atoms with van der Waals surface area (Å²) in [6, 6.07) is 6.14. The van der Waals surface area contributed by atoms with E-state index in [0.29, 0.717) is 48.8 Å². The minimum atomic E-state index is -3.02. The van der Waals surface area contributed by atoms with Gasteiger partial charge in [-0.1, -0.05) is 29.3 Å². The third kappa shape index (κ3) is 5.13. The minimum Gasteiger partial charge on any atom is -0.339 e. The van der Waals surface area contributed by atoms with Gasteiger partial charge >= 0.3 is 0 Å². The van der Waals surface area contributed by atoms with E-state index in [-0.39, 0.29) is 29.2 Å². The van der Waals surface area contributed by atoms with Crippen molar-refractivity contribution in [3.05, 3.63) is 56.8 Å². The first-order valence-electron chi connectivity index (χ1n) is 10.5. The topological polar surface area (TPSA) is 54.3 Å². The number of hydrogen-bond acceptors (Lipinski definition) is 4. The lowest BCUT2D eigenvalue weighted by molar-refractivity contribution is -0.133. The molecular formula is C22H21Cl2F4N5O. The number of rotatable bonds is 6. The van der Waals surface area contributed by atoms with Crippen molar-refractivity contribution in [3.63, 3.8) is 0 Å². The van der Waals surface area contributed by atoms with Crippen LogP contribution in [0.1, 0.15) is 35.4 Å². The average molecular weight is 518 g/mol. The highest BCUT2D eigenvalue weighted by atomic mass is 35.5. The monoisotopic (exact) mass is 517 g/mol. The van der Waals surface area contributed by atoms with Gasteiger partial charge in [-0.3, -0.25) is 9.69 Å². The quantitative estimate of drug-likeness (QED) is 0.418. The fraction of sp³-hybridized carbons (Fsp3) is 0.409. The molecule has 1 fully saturated rings. The maximum absolute atomic E-state index is 13.5. The van der Waals surface area contributed by atoms with Gasteiger partial charge in [-0.05, 0) is 30.7 Å². The van der Waals surface area contributed by atoms with Gasteiger partial charge in [0.25, 0.3) is 12.9 Å². The second-order valence-electron chi connectivity index (χ2n) is 8.08. The number of amides is 1. The van der Waals surface area contributed by atoms with E-state index in [2.05, 4.69) is 15.0 Å². The number of aryl methyl sites for hydroxylation is 1. The van der Waals surface area contributed by atoms with E-state index in [1.54, 1.807) is 17.0 Å². The van der Waals surface area contributed by atoms with Crippen LogP contribution in [0.15, 0.2) is 24.3 Å². The summed E-state index contributed by atoms with van der Waals surface area (Å²) in [7, 11) is 0. The van der Waals surface area contributed by atoms with E-state index in [1.807, 2.05) is 6.07 Å². The number of nitrogens with zero attached hydrogens (tertiary/aromatic N) is 5. The zero-order chi connectivity index (χ0) is 24.6. The van der Waals surface area contributed by atoms with E-state index >= 15 is 0 Å². The van der Waals surface area contributed by atoms with Crippen molar-refractivity contribution in [1.29, 1.82) is 0 Å². The van der Waals surface area contributed by atoms with Crippen LogP contribution in [0.5, 0.6) is 0 Å². The van der Waals surface area contributed by atoms with E-state index in [4.69, 9.17) is 23.2 Å². The Morgan fingerprint density at radius 2 is 1.74 bits per heavy atom. The van der Waals surface area contributed by atoms with Crippen LogP contribution in [0.25, 0.3) is 11.0 Å². The molecule has 0 aliphatic carbocycles. The smallest absolute Gasteiger partial charge is 0.280 e. The summed E-state index contributed by atoms with van der Waals surface area (Å²) >= 11 is 12.0. The number of carbonyl (C=O) groups excluding carboxylic acids is 1. The summed E-state index contributed by atoms with van der Waals surface area (Å²) in [6.07, 6.45) is -6.00. The molecule has 1 amide bonds. The summed E-state index contributed by atoms with van der Waals surface area (Å²) in [5, 5.41) is 5.11. The lowest BCUT2D eigenvalue weighted by atomic mass is 10.1. The predicted molar refractivity (Wildman–Crippen MR) is 120 cm³/mol. The van der Waals surface area contributed by atoms with Crippen LogP contribution < -0.4 is 0 Å². The van der Waals surface area contributed by atoms with Gasteiger partial charge in [0, 0.05) is 38.3 Å². The molecule has 2 aromatic heterocycles. The molecule has 1 saturated heterocycles. The summed E-state index contributed by atoms with van der Waals surface area (Å²) in [6.45, 7) is 4.01. The predicted octanol–water partition coefficient (Wildman–Crippen LogP) is 5.27. The average Bonchev–Trinajstić information content (AvgIpc) is 3.11. The third-order valence-electron chi connectivity index (χ3n) is 5.79. The van der Waals surface area contributed by atoms with E-state index in [1.165, 1.54) is 6.92 Å². The number of carbonyl (C=O) groups is 1. The Balaban J connectivity index is 1.46. The Morgan fingerprint density at radius 3 is 2.35 bits per heavy atom. The molecule has 3 aromatic rings. The summed E-state index contributed by atoms with van der Waals surface area (Å²) in [5.74, 6) is -0.290. The second-order valence-corrected chi connectivity index (χ2v) is 8.90. The number of benzene rings is 1. The van der Waals surface area contributed by atoms with Gasteiger partial charge in [0.1, 0.15) is 12.2 Å². The van der Waals surface area contributed by atoms with Crippen molar-refractivity contribution >= 4 is 40.1 Å². The van der Waals surface area contributed by atoms with Crippen molar-refractivity contribution in [3.8, 4) is 0 Å². The van der Waals surface area contributed by atoms with Crippen molar-refractivity contribution in [1.82, 2.24) is 24.6 Å². The summed E-state index contributed by atoms with van der Waals surface area (Å²) < 4.78 is 54.6. The van der Waals surface area contributed by atoms with Gasteiger partial charge in [-0.25, -0.2) is 27.2 Å². The Labute approximate surface area is 203 Å². The first-order valence-corrected chi connectivity index (χ1v) is 11.3. The molecule has 0 unspecified atom stereocenters. The zero-order valence-corrected chi connectivity index (χ0v) is 19.6. The number of fused-ring (bicyclic) bond motifs is 1. The van der Waals surface area contributed by atoms with Crippen LogP contribution in [-0.2, 0) is 17.9 Å². The van der Waals surface area contributed by atoms with E-state index in [0.717, 1.165) is 10.2 Å². The van der Waals surface area contributed by atoms with Crippen molar-refractivity contribution < 1.29 is 22.4 Å². The molecule has 0 bridgehead atoms. The summed E-state index contributed by atoms with van der Waals surface area (Å²) in [5.41, 5.74) is -0.266. The molecule has 182 valence electrons. The molecule has 34 heavy (non-hydrogen) atoms. The second kappa shape index (κ2) is 10.1. The molecule has 0 radical (unpaired) electrons. The SMILES string of the molecule is Cc1nn(CC(=O)N2CCN(Cc3ccc(Cl)c(Cl)c3)CC2)c2nc(C(F)F)cc(C(F)F)c12. The number of hydrogen-bond donors (Lipinski definition) is 0. The molecule has 0 atom stereocenters. The highest BCUT2D eigenvalue weighted by molar-refractivity contribution is 6.42. The van der Waals surface area contributed by atoms with Crippen LogP contribution in [0.2, 0.25) is 10.0 Å². The number of pyridine rings is 1. The molecule has 0 spiro atoms. The van der Waals surface area contributed by atoms with Crippen LogP contribution in [0.4, 0.5) is 17.6 Å². The Kier molecular flexibility index (Phi) is 7.30. The van der Waals surface area contributed by atoms with E-state index < -0.39 is 24.1 Å². The number of halogens is 6. The summed E-state index contributed by atoms with van der Waals surface area (Å²) in [4.78, 5) is 20.5. The van der Waals surface area contributed by atoms with Crippen LogP contribution in [0.3, 0.4) is 0 Å². The lowest BCUT2D eigenvalue weighted by Gasteiger charge is -2.34. The van der Waals surface area contributed by atoms with E-state index in [9.17, 15) is 22.4 Å². The first-order chi connectivity index (χ1) is 16.1. The molecule has 1 aliphatic rings. The number of aromatic nitrogens is 3. The highest BCUT2D eigenvalue weighted by Crippen LogP contribution is 2.32. The largest absolute Gasteiger partial charge is 0.339 e. The molecule has 1 aromatic carbocycles. The fourth-order valence-corrected chi connectivity index (χ4v) is 4.40. The third-order valence-corrected chi connectivity index (χ3v) is 6.53. The van der Waals surface area contributed by atoms with Gasteiger partial charge in [0.15, 0.2) is 5.65 Å². The number of alkyl halides is 4. The van der Waals surface area contributed by atoms with Gasteiger partial charge in [-0.15, -0.1) is 0 Å². The molecule has 1 aliphatic heterocycles. The minimum absolute atomic E-state index is 0.00126. The molecule has 4 rings (SSSR count). The maximum atomic E-state index is 13.5. The van der Waals surface area contributed by atoms with Gasteiger partial charge in [0.05, 0.1) is 21.1 Å². The molecule has 6 nitrogen and oxygen atoms in total. The van der Waals surface area contributed by atoms with Crippen LogP contribution in [-0.4, -0.2) is 56.7 Å². The molecule has 0 saturated carbocycles. The number of piperazine rings is 1. The Morgan fingerprint density at radius 1 is 1.03 bits per heavy atom. The van der Waals surface area contributed by atoms with Gasteiger partial charge < -0.3 is 4.90 Å². The van der Waals surface area contributed by atoms with Gasteiger partial charge in [-0.2, -0.15) is 5.10 Å². The standard InChI is InChI=1S/C22H21Cl2F4N5O/c1-12-19-14(20(25)26)9-17(21(27)28)29-22(19)33(30-12)11-18(34)32-6-4-31(5-7-32)10-13-2-3-15(23)16(24)8-13/h2-3,8-9,20-21H,4-7,10-11H2,1H3. The molecule has 0 N–H and O–H groups in total. The highest BCUT2D eigenvalue weighted by Gasteiger charge is 2.26. The Bertz CT molecular complexity index is 1210. The van der Waals surface area contributed by atoms with Crippen molar-refractivity contribution in [2.24, 2.45) is 0 Å². The van der Waals surface area contributed by atoms with Crippen LogP contribution >= 0.6 is 23.2 Å². The van der Waals surface area contributed by atoms with Gasteiger partial charge in [0.2, 0.25) is 5.91 Å². The Hall–Kier alpha value is -2.43. The molecular weight excluding hydrogens is 497 g/mol. The molecule has 12 heteroatoms.